The lowest BCUT2D eigenvalue weighted by atomic mass is 9.89. The van der Waals surface area contributed by atoms with Crippen molar-refractivity contribution in [3.63, 3.8) is 0 Å². The van der Waals surface area contributed by atoms with Crippen LogP contribution >= 0.6 is 0 Å². The van der Waals surface area contributed by atoms with Gasteiger partial charge in [0.05, 0.1) is 17.6 Å². The summed E-state index contributed by atoms with van der Waals surface area (Å²) in [6.45, 7) is 6.86. The van der Waals surface area contributed by atoms with Crippen LogP contribution in [0.1, 0.15) is 40.0 Å². The monoisotopic (exact) mass is 263 g/mol. The minimum absolute atomic E-state index is 0.122. The van der Waals surface area contributed by atoms with E-state index in [1.54, 1.807) is 0 Å². The minimum Gasteiger partial charge on any atom is -0.392 e. The number of nitrogens with one attached hydrogen (secondary N) is 1. The molecule has 0 aromatic carbocycles. The molecule has 4 nitrogen and oxygen atoms in total. The maximum absolute atomic E-state index is 11.2. The topological polar surface area (TPSA) is 66.4 Å². The number of hydrogen-bond acceptors (Lipinski definition) is 4. The number of rotatable bonds is 4. The van der Waals surface area contributed by atoms with Gasteiger partial charge in [-0.05, 0) is 24.7 Å². The molecule has 0 aromatic rings. The van der Waals surface area contributed by atoms with Crippen molar-refractivity contribution in [2.24, 2.45) is 5.41 Å². The molecule has 1 heterocycles. The van der Waals surface area contributed by atoms with Crippen LogP contribution in [-0.2, 0) is 9.84 Å². The highest BCUT2D eigenvalue weighted by atomic mass is 32.2. The molecule has 0 amide bonds. The van der Waals surface area contributed by atoms with E-state index in [9.17, 15) is 13.5 Å². The van der Waals surface area contributed by atoms with E-state index in [-0.39, 0.29) is 29.1 Å². The normalized spacial score (nSPS) is 23.5. The molecule has 0 spiro atoms. The van der Waals surface area contributed by atoms with Crippen LogP contribution in [0.25, 0.3) is 0 Å². The van der Waals surface area contributed by atoms with Crippen molar-refractivity contribution in [3.05, 3.63) is 0 Å². The lowest BCUT2D eigenvalue weighted by Crippen LogP contribution is -2.41. The molecule has 1 fully saturated rings. The Morgan fingerprint density at radius 3 is 2.29 bits per heavy atom. The Bertz CT molecular complexity index is 318. The third-order valence-electron chi connectivity index (χ3n) is 3.04. The van der Waals surface area contributed by atoms with Crippen LogP contribution in [0.2, 0.25) is 0 Å². The highest BCUT2D eigenvalue weighted by Crippen LogP contribution is 2.20. The van der Waals surface area contributed by atoms with E-state index < -0.39 is 9.84 Å². The third kappa shape index (κ3) is 6.38. The van der Waals surface area contributed by atoms with Gasteiger partial charge < -0.3 is 10.4 Å². The zero-order valence-electron chi connectivity index (χ0n) is 11.1. The summed E-state index contributed by atoms with van der Waals surface area (Å²) in [5.41, 5.74) is 0.122. The summed E-state index contributed by atoms with van der Waals surface area (Å²) in [5.74, 6) is 0.556. The van der Waals surface area contributed by atoms with Crippen molar-refractivity contribution in [1.29, 1.82) is 0 Å². The van der Waals surface area contributed by atoms with E-state index in [1.165, 1.54) is 0 Å². The van der Waals surface area contributed by atoms with E-state index in [0.717, 1.165) is 6.42 Å². The van der Waals surface area contributed by atoms with Gasteiger partial charge in [0, 0.05) is 12.6 Å². The van der Waals surface area contributed by atoms with Crippen LogP contribution in [0, 0.1) is 5.41 Å². The molecule has 1 aliphatic heterocycles. The average molecular weight is 263 g/mol. The molecule has 0 bridgehead atoms. The molecule has 1 saturated heterocycles. The first-order chi connectivity index (χ1) is 7.68. The first kappa shape index (κ1) is 14.9. The molecular formula is C12H25NO3S. The van der Waals surface area contributed by atoms with Crippen molar-refractivity contribution in [2.45, 2.75) is 52.2 Å². The van der Waals surface area contributed by atoms with E-state index in [0.29, 0.717) is 19.4 Å². The lowest BCUT2D eigenvalue weighted by Gasteiger charge is -2.27. The second kappa shape index (κ2) is 5.67. The van der Waals surface area contributed by atoms with Crippen LogP contribution in [0.15, 0.2) is 0 Å². The van der Waals surface area contributed by atoms with Crippen LogP contribution in [-0.4, -0.2) is 43.7 Å². The Labute approximate surface area is 105 Å². The summed E-state index contributed by atoms with van der Waals surface area (Å²) >= 11 is 0. The van der Waals surface area contributed by atoms with Crippen LogP contribution < -0.4 is 5.32 Å². The standard InChI is InChI=1S/C12H25NO3S/c1-12(2,3)8-11(14)9-13-10-4-6-17(15,16)7-5-10/h10-11,13-14H,4-9H2,1-3H3. The number of sulfone groups is 1. The summed E-state index contributed by atoms with van der Waals surface area (Å²) in [4.78, 5) is 0. The van der Waals surface area contributed by atoms with Crippen LogP contribution in [0.3, 0.4) is 0 Å². The number of aliphatic hydroxyl groups is 1. The predicted octanol–water partition coefficient (Wildman–Crippen LogP) is 0.950. The predicted molar refractivity (Wildman–Crippen MR) is 69.8 cm³/mol. The van der Waals surface area contributed by atoms with Gasteiger partial charge in [0.1, 0.15) is 9.84 Å². The zero-order chi connectivity index (χ0) is 13.1. The fourth-order valence-corrected chi connectivity index (χ4v) is 3.67. The van der Waals surface area contributed by atoms with Gasteiger partial charge >= 0.3 is 0 Å². The molecule has 0 aliphatic carbocycles. The highest BCUT2D eigenvalue weighted by molar-refractivity contribution is 7.91. The second-order valence-electron chi connectivity index (χ2n) is 6.25. The number of aliphatic hydroxyl groups excluding tert-OH is 1. The number of hydrogen-bond donors (Lipinski definition) is 2. The van der Waals surface area contributed by atoms with E-state index in [2.05, 4.69) is 26.1 Å². The van der Waals surface area contributed by atoms with Crippen molar-refractivity contribution in [1.82, 2.24) is 5.32 Å². The molecule has 0 saturated carbocycles. The summed E-state index contributed by atoms with van der Waals surface area (Å²) in [6.07, 6.45) is 1.74. The molecule has 1 unspecified atom stereocenters. The molecule has 0 aromatic heterocycles. The van der Waals surface area contributed by atoms with Gasteiger partial charge in [-0.25, -0.2) is 8.42 Å². The maximum atomic E-state index is 11.2. The van der Waals surface area contributed by atoms with Gasteiger partial charge in [0.15, 0.2) is 0 Å². The molecule has 2 N–H and O–H groups in total. The van der Waals surface area contributed by atoms with Crippen molar-refractivity contribution in [3.8, 4) is 0 Å². The highest BCUT2D eigenvalue weighted by Gasteiger charge is 2.24. The third-order valence-corrected chi connectivity index (χ3v) is 4.76. The van der Waals surface area contributed by atoms with Crippen LogP contribution in [0.4, 0.5) is 0 Å². The van der Waals surface area contributed by atoms with E-state index in [4.69, 9.17) is 0 Å². The minimum atomic E-state index is -2.79. The maximum Gasteiger partial charge on any atom is 0.150 e. The second-order valence-corrected chi connectivity index (χ2v) is 8.56. The van der Waals surface area contributed by atoms with Crippen LogP contribution in [0.5, 0.6) is 0 Å². The van der Waals surface area contributed by atoms with E-state index in [1.807, 2.05) is 0 Å². The molecule has 1 rings (SSSR count). The fourth-order valence-electron chi connectivity index (χ4n) is 2.18. The molecule has 1 atom stereocenters. The quantitative estimate of drug-likeness (QED) is 0.792. The Kier molecular flexibility index (Phi) is 4.98. The van der Waals surface area contributed by atoms with Gasteiger partial charge in [0.25, 0.3) is 0 Å². The SMILES string of the molecule is CC(C)(C)CC(O)CNC1CCS(=O)(=O)CC1. The largest absolute Gasteiger partial charge is 0.392 e. The van der Waals surface area contributed by atoms with Gasteiger partial charge in [-0.15, -0.1) is 0 Å². The molecule has 1 aliphatic rings. The van der Waals surface area contributed by atoms with Crippen molar-refractivity contribution >= 4 is 9.84 Å². The van der Waals surface area contributed by atoms with Crippen molar-refractivity contribution in [2.75, 3.05) is 18.1 Å². The molecule has 5 heteroatoms. The Hall–Kier alpha value is -0.130. The summed E-state index contributed by atoms with van der Waals surface area (Å²) in [5, 5.41) is 13.1. The molecular weight excluding hydrogens is 238 g/mol. The molecule has 102 valence electrons. The summed E-state index contributed by atoms with van der Waals surface area (Å²) in [6, 6.07) is 0.244. The van der Waals surface area contributed by atoms with Gasteiger partial charge in [-0.3, -0.25) is 0 Å². The Morgan fingerprint density at radius 2 is 1.82 bits per heavy atom. The van der Waals surface area contributed by atoms with E-state index >= 15 is 0 Å². The first-order valence-corrected chi connectivity index (χ1v) is 8.12. The zero-order valence-corrected chi connectivity index (χ0v) is 11.9. The van der Waals surface area contributed by atoms with Crippen molar-refractivity contribution < 1.29 is 13.5 Å². The Balaban J connectivity index is 2.24. The summed E-state index contributed by atoms with van der Waals surface area (Å²) in [7, 11) is -2.79. The smallest absolute Gasteiger partial charge is 0.150 e. The van der Waals surface area contributed by atoms with Gasteiger partial charge in [-0.2, -0.15) is 0 Å². The van der Waals surface area contributed by atoms with Gasteiger partial charge in [-0.1, -0.05) is 20.8 Å². The summed E-state index contributed by atoms with van der Waals surface area (Å²) < 4.78 is 22.5. The first-order valence-electron chi connectivity index (χ1n) is 6.30. The molecule has 17 heavy (non-hydrogen) atoms. The fraction of sp³-hybridized carbons (Fsp3) is 1.00. The lowest BCUT2D eigenvalue weighted by molar-refractivity contribution is 0.116. The Morgan fingerprint density at radius 1 is 1.29 bits per heavy atom. The average Bonchev–Trinajstić information content (AvgIpc) is 2.13. The molecule has 0 radical (unpaired) electrons. The van der Waals surface area contributed by atoms with Gasteiger partial charge in [0.2, 0.25) is 0 Å².